The van der Waals surface area contributed by atoms with E-state index in [1.165, 1.54) is 11.8 Å². The predicted molar refractivity (Wildman–Crippen MR) is 116 cm³/mol. The average Bonchev–Trinajstić information content (AvgIpc) is 2.72. The van der Waals surface area contributed by atoms with E-state index in [2.05, 4.69) is 15.3 Å². The summed E-state index contributed by atoms with van der Waals surface area (Å²) in [5, 5.41) is 3.70. The summed E-state index contributed by atoms with van der Waals surface area (Å²) in [4.78, 5) is 22.5. The predicted octanol–water partition coefficient (Wildman–Crippen LogP) is 4.91. The van der Waals surface area contributed by atoms with Crippen LogP contribution >= 0.6 is 23.5 Å². The van der Waals surface area contributed by atoms with Gasteiger partial charge in [-0.15, -0.1) is 11.8 Å². The molecule has 1 aromatic heterocycles. The highest BCUT2D eigenvalue weighted by Gasteiger charge is 2.09. The molecular weight excluding hydrogens is 390 g/mol. The number of rotatable bonds is 7. The third-order valence-electron chi connectivity index (χ3n) is 3.88. The molecule has 2 aromatic carbocycles. The van der Waals surface area contributed by atoms with Gasteiger partial charge in [-0.2, -0.15) is 0 Å². The van der Waals surface area contributed by atoms with Crippen LogP contribution in [0.5, 0.6) is 5.75 Å². The molecule has 0 aliphatic heterocycles. The first kappa shape index (κ1) is 20.2. The standard InChI is InChI=1S/C21H21N3O2S2/c1-14-11-20(24-21(22-14)15-7-9-17(26-2)10-8-15)28-13-19(25)23-16-5-4-6-18(12-16)27-3/h4-12H,13H2,1-3H3,(H,23,25). The number of benzene rings is 2. The van der Waals surface area contributed by atoms with Gasteiger partial charge in [-0.1, -0.05) is 17.8 Å². The summed E-state index contributed by atoms with van der Waals surface area (Å²) in [6, 6.07) is 17.3. The molecule has 1 N–H and O–H groups in total. The minimum atomic E-state index is -0.0643. The van der Waals surface area contributed by atoms with Gasteiger partial charge in [-0.25, -0.2) is 9.97 Å². The van der Waals surface area contributed by atoms with Crippen LogP contribution in [0, 0.1) is 6.92 Å². The molecule has 5 nitrogen and oxygen atoms in total. The van der Waals surface area contributed by atoms with Crippen molar-refractivity contribution in [2.75, 3.05) is 24.4 Å². The molecule has 7 heteroatoms. The monoisotopic (exact) mass is 411 g/mol. The van der Waals surface area contributed by atoms with Crippen molar-refractivity contribution >= 4 is 35.1 Å². The highest BCUT2D eigenvalue weighted by molar-refractivity contribution is 8.00. The van der Waals surface area contributed by atoms with Crippen molar-refractivity contribution in [3.8, 4) is 17.1 Å². The lowest BCUT2D eigenvalue weighted by Gasteiger charge is -2.08. The third kappa shape index (κ3) is 5.50. The Hall–Kier alpha value is -2.51. The Labute approximate surface area is 173 Å². The molecule has 0 spiro atoms. The van der Waals surface area contributed by atoms with Crippen LogP contribution in [0.4, 0.5) is 5.69 Å². The summed E-state index contributed by atoms with van der Waals surface area (Å²) < 4.78 is 5.19. The van der Waals surface area contributed by atoms with Crippen LogP contribution in [0.25, 0.3) is 11.4 Å². The highest BCUT2D eigenvalue weighted by atomic mass is 32.2. The summed E-state index contributed by atoms with van der Waals surface area (Å²) >= 11 is 3.04. The van der Waals surface area contributed by atoms with E-state index in [1.54, 1.807) is 18.9 Å². The van der Waals surface area contributed by atoms with E-state index in [-0.39, 0.29) is 11.7 Å². The molecule has 1 heterocycles. The summed E-state index contributed by atoms with van der Waals surface area (Å²) in [5.74, 6) is 1.64. The number of ether oxygens (including phenoxy) is 1. The van der Waals surface area contributed by atoms with Crippen molar-refractivity contribution in [1.82, 2.24) is 9.97 Å². The zero-order valence-corrected chi connectivity index (χ0v) is 17.6. The maximum absolute atomic E-state index is 12.3. The van der Waals surface area contributed by atoms with Gasteiger partial charge in [0.15, 0.2) is 5.82 Å². The number of carbonyl (C=O) groups is 1. The Kier molecular flexibility index (Phi) is 6.95. The van der Waals surface area contributed by atoms with Gasteiger partial charge < -0.3 is 10.1 Å². The van der Waals surface area contributed by atoms with Crippen molar-refractivity contribution in [2.24, 2.45) is 0 Å². The van der Waals surface area contributed by atoms with E-state index in [0.29, 0.717) is 5.82 Å². The van der Waals surface area contributed by atoms with E-state index >= 15 is 0 Å². The lowest BCUT2D eigenvalue weighted by Crippen LogP contribution is -2.14. The quantitative estimate of drug-likeness (QED) is 0.440. The van der Waals surface area contributed by atoms with Gasteiger partial charge in [0.05, 0.1) is 12.9 Å². The minimum absolute atomic E-state index is 0.0643. The first-order valence-electron chi connectivity index (χ1n) is 8.64. The maximum atomic E-state index is 12.3. The number of aryl methyl sites for hydroxylation is 1. The molecular formula is C21H21N3O2S2. The van der Waals surface area contributed by atoms with Gasteiger partial charge >= 0.3 is 0 Å². The fourth-order valence-electron chi connectivity index (χ4n) is 2.52. The first-order chi connectivity index (χ1) is 13.6. The first-order valence-corrected chi connectivity index (χ1v) is 10.9. The van der Waals surface area contributed by atoms with Gasteiger partial charge in [0, 0.05) is 21.8 Å². The fourth-order valence-corrected chi connectivity index (χ4v) is 3.74. The normalized spacial score (nSPS) is 10.5. The van der Waals surface area contributed by atoms with E-state index in [4.69, 9.17) is 4.74 Å². The molecule has 0 unspecified atom stereocenters. The SMILES string of the molecule is COc1ccc(-c2nc(C)cc(SCC(=O)Nc3cccc(SC)c3)n2)cc1. The molecule has 0 bridgehead atoms. The minimum Gasteiger partial charge on any atom is -0.497 e. The number of hydrogen-bond acceptors (Lipinski definition) is 6. The summed E-state index contributed by atoms with van der Waals surface area (Å²) in [7, 11) is 1.63. The van der Waals surface area contributed by atoms with Crippen LogP contribution in [0.15, 0.2) is 64.5 Å². The van der Waals surface area contributed by atoms with Crippen LogP contribution < -0.4 is 10.1 Å². The highest BCUT2D eigenvalue weighted by Crippen LogP contribution is 2.24. The molecule has 144 valence electrons. The molecule has 28 heavy (non-hydrogen) atoms. The van der Waals surface area contributed by atoms with E-state index in [9.17, 15) is 4.79 Å². The number of nitrogens with one attached hydrogen (secondary N) is 1. The largest absolute Gasteiger partial charge is 0.497 e. The van der Waals surface area contributed by atoms with Crippen LogP contribution in [0.3, 0.4) is 0 Å². The molecule has 0 atom stereocenters. The second-order valence-electron chi connectivity index (χ2n) is 5.97. The molecule has 0 saturated heterocycles. The molecule has 0 aliphatic carbocycles. The zero-order chi connectivity index (χ0) is 19.9. The molecule has 0 radical (unpaired) electrons. The maximum Gasteiger partial charge on any atom is 0.234 e. The fraction of sp³-hybridized carbons (Fsp3) is 0.190. The van der Waals surface area contributed by atoms with Crippen LogP contribution in [-0.4, -0.2) is 35.0 Å². The molecule has 3 aromatic rings. The summed E-state index contributed by atoms with van der Waals surface area (Å²) in [6.07, 6.45) is 2.01. The number of amides is 1. The number of methoxy groups -OCH3 is 1. The molecule has 3 rings (SSSR count). The van der Waals surface area contributed by atoms with Crippen LogP contribution in [0.2, 0.25) is 0 Å². The molecule has 0 fully saturated rings. The smallest absolute Gasteiger partial charge is 0.234 e. The lowest BCUT2D eigenvalue weighted by molar-refractivity contribution is -0.113. The topological polar surface area (TPSA) is 64.1 Å². The Morgan fingerprint density at radius 3 is 2.61 bits per heavy atom. The van der Waals surface area contributed by atoms with Crippen molar-refractivity contribution in [2.45, 2.75) is 16.8 Å². The number of hydrogen-bond donors (Lipinski definition) is 1. The van der Waals surface area contributed by atoms with Crippen LogP contribution in [-0.2, 0) is 4.79 Å². The number of carbonyl (C=O) groups excluding carboxylic acids is 1. The van der Waals surface area contributed by atoms with Crippen molar-refractivity contribution in [3.05, 3.63) is 60.3 Å². The van der Waals surface area contributed by atoms with Gasteiger partial charge in [-0.05, 0) is 61.7 Å². The third-order valence-corrected chi connectivity index (χ3v) is 5.52. The van der Waals surface area contributed by atoms with Crippen molar-refractivity contribution in [1.29, 1.82) is 0 Å². The molecule has 0 aliphatic rings. The lowest BCUT2D eigenvalue weighted by atomic mass is 10.2. The van der Waals surface area contributed by atoms with Gasteiger partial charge in [0.2, 0.25) is 5.91 Å². The Morgan fingerprint density at radius 2 is 1.89 bits per heavy atom. The van der Waals surface area contributed by atoms with Crippen molar-refractivity contribution < 1.29 is 9.53 Å². The van der Waals surface area contributed by atoms with E-state index < -0.39 is 0 Å². The van der Waals surface area contributed by atoms with E-state index in [1.807, 2.05) is 67.8 Å². The second kappa shape index (κ2) is 9.61. The Bertz CT molecular complexity index is 962. The van der Waals surface area contributed by atoms with Crippen LogP contribution in [0.1, 0.15) is 5.69 Å². The number of thioether (sulfide) groups is 2. The summed E-state index contributed by atoms with van der Waals surface area (Å²) in [5.41, 5.74) is 2.57. The Morgan fingerprint density at radius 1 is 1.11 bits per heavy atom. The Balaban J connectivity index is 1.66. The number of nitrogens with zero attached hydrogens (tertiary/aromatic N) is 2. The average molecular weight is 412 g/mol. The van der Waals surface area contributed by atoms with Crippen molar-refractivity contribution in [3.63, 3.8) is 0 Å². The van der Waals surface area contributed by atoms with E-state index in [0.717, 1.165) is 32.6 Å². The number of aromatic nitrogens is 2. The second-order valence-corrected chi connectivity index (χ2v) is 7.84. The number of anilines is 1. The zero-order valence-electron chi connectivity index (χ0n) is 15.9. The van der Waals surface area contributed by atoms with Gasteiger partial charge in [-0.3, -0.25) is 4.79 Å². The molecule has 1 amide bonds. The van der Waals surface area contributed by atoms with Gasteiger partial charge in [0.25, 0.3) is 0 Å². The molecule has 0 saturated carbocycles. The van der Waals surface area contributed by atoms with Gasteiger partial charge in [0.1, 0.15) is 10.8 Å². The summed E-state index contributed by atoms with van der Waals surface area (Å²) in [6.45, 7) is 1.92.